The zero-order valence-electron chi connectivity index (χ0n) is 12.5. The van der Waals surface area contributed by atoms with E-state index in [-0.39, 0.29) is 18.0 Å². The Labute approximate surface area is 124 Å². The zero-order valence-corrected chi connectivity index (χ0v) is 12.5. The van der Waals surface area contributed by atoms with Crippen molar-refractivity contribution in [3.8, 4) is 6.07 Å². The van der Waals surface area contributed by atoms with Gasteiger partial charge in [0.1, 0.15) is 5.82 Å². The van der Waals surface area contributed by atoms with Crippen molar-refractivity contribution in [1.29, 1.82) is 5.26 Å². The normalized spacial score (nSPS) is 10.4. The Bertz CT molecular complexity index is 525. The first-order valence-electron chi connectivity index (χ1n) is 6.72. The summed E-state index contributed by atoms with van der Waals surface area (Å²) >= 11 is 0. The Hall–Kier alpha value is -2.20. The lowest BCUT2D eigenvalue weighted by Crippen LogP contribution is -2.30. The van der Waals surface area contributed by atoms with Gasteiger partial charge in [0.15, 0.2) is 5.69 Å². The standard InChI is InChI=1S/C14H20N4O3/c1-10(2)13-16-9-11(12(17-13)14(19)20)18(6-4-5-15)7-8-21-3/h9-10H,4,6-8H2,1-3H3,(H,19,20). The van der Waals surface area contributed by atoms with Gasteiger partial charge in [-0.05, 0) is 0 Å². The fourth-order valence-corrected chi connectivity index (χ4v) is 1.80. The highest BCUT2D eigenvalue weighted by Crippen LogP contribution is 2.20. The molecule has 1 heterocycles. The van der Waals surface area contributed by atoms with E-state index in [1.807, 2.05) is 13.8 Å². The van der Waals surface area contributed by atoms with Gasteiger partial charge in [-0.25, -0.2) is 14.8 Å². The van der Waals surface area contributed by atoms with Crippen LogP contribution in [0.4, 0.5) is 5.69 Å². The van der Waals surface area contributed by atoms with Gasteiger partial charge in [-0.15, -0.1) is 0 Å². The van der Waals surface area contributed by atoms with Crippen LogP contribution in [0.3, 0.4) is 0 Å². The van der Waals surface area contributed by atoms with Gasteiger partial charge < -0.3 is 14.7 Å². The van der Waals surface area contributed by atoms with Crippen LogP contribution in [0.2, 0.25) is 0 Å². The molecule has 114 valence electrons. The number of rotatable bonds is 8. The van der Waals surface area contributed by atoms with Crippen LogP contribution in [-0.4, -0.2) is 47.8 Å². The van der Waals surface area contributed by atoms with Gasteiger partial charge in [0.05, 0.1) is 31.0 Å². The maximum atomic E-state index is 11.4. The monoisotopic (exact) mass is 292 g/mol. The van der Waals surface area contributed by atoms with E-state index in [1.165, 1.54) is 6.20 Å². The number of carbonyl (C=O) groups is 1. The molecule has 0 aliphatic heterocycles. The lowest BCUT2D eigenvalue weighted by atomic mass is 10.2. The van der Waals surface area contributed by atoms with Crippen LogP contribution >= 0.6 is 0 Å². The summed E-state index contributed by atoms with van der Waals surface area (Å²) in [7, 11) is 1.57. The van der Waals surface area contributed by atoms with Crippen molar-refractivity contribution in [2.75, 3.05) is 31.7 Å². The average molecular weight is 292 g/mol. The first kappa shape index (κ1) is 16.9. The largest absolute Gasteiger partial charge is 0.476 e. The van der Waals surface area contributed by atoms with Crippen molar-refractivity contribution in [1.82, 2.24) is 9.97 Å². The zero-order chi connectivity index (χ0) is 15.8. The molecule has 1 aromatic heterocycles. The van der Waals surface area contributed by atoms with Gasteiger partial charge in [0.2, 0.25) is 0 Å². The molecule has 1 aromatic rings. The molecular weight excluding hydrogens is 272 g/mol. The quantitative estimate of drug-likeness (QED) is 0.777. The summed E-state index contributed by atoms with van der Waals surface area (Å²) in [6.45, 7) is 5.11. The number of ether oxygens (including phenoxy) is 1. The van der Waals surface area contributed by atoms with Gasteiger partial charge in [-0.1, -0.05) is 13.8 Å². The number of aromatic nitrogens is 2. The van der Waals surface area contributed by atoms with Crippen molar-refractivity contribution in [2.45, 2.75) is 26.2 Å². The smallest absolute Gasteiger partial charge is 0.356 e. The molecule has 0 bridgehead atoms. The van der Waals surface area contributed by atoms with Gasteiger partial charge in [-0.2, -0.15) is 5.26 Å². The Morgan fingerprint density at radius 1 is 1.52 bits per heavy atom. The molecule has 0 spiro atoms. The number of anilines is 1. The van der Waals surface area contributed by atoms with E-state index in [9.17, 15) is 9.90 Å². The van der Waals surface area contributed by atoms with E-state index in [4.69, 9.17) is 10.00 Å². The third kappa shape index (κ3) is 4.68. The number of aromatic carboxylic acids is 1. The molecule has 0 saturated carbocycles. The number of hydrogen-bond acceptors (Lipinski definition) is 6. The van der Waals surface area contributed by atoms with Gasteiger partial charge in [0.25, 0.3) is 0 Å². The van der Waals surface area contributed by atoms with E-state index in [0.717, 1.165) is 0 Å². The summed E-state index contributed by atoms with van der Waals surface area (Å²) in [5.41, 5.74) is 0.377. The minimum absolute atomic E-state index is 0.0391. The minimum Gasteiger partial charge on any atom is -0.476 e. The van der Waals surface area contributed by atoms with Gasteiger partial charge >= 0.3 is 5.97 Å². The summed E-state index contributed by atoms with van der Waals surface area (Å²) in [5, 5.41) is 18.1. The predicted octanol–water partition coefficient (Wildman–Crippen LogP) is 1.66. The molecule has 1 N–H and O–H groups in total. The Kier molecular flexibility index (Phi) is 6.56. The molecule has 1 rings (SSSR count). The Morgan fingerprint density at radius 3 is 2.76 bits per heavy atom. The third-order valence-corrected chi connectivity index (χ3v) is 2.91. The fraction of sp³-hybridized carbons (Fsp3) is 0.571. The average Bonchev–Trinajstić information content (AvgIpc) is 2.46. The molecule has 0 radical (unpaired) electrons. The van der Waals surface area contributed by atoms with Crippen LogP contribution in [0.5, 0.6) is 0 Å². The van der Waals surface area contributed by atoms with Gasteiger partial charge in [-0.3, -0.25) is 0 Å². The molecule has 21 heavy (non-hydrogen) atoms. The van der Waals surface area contributed by atoms with E-state index in [2.05, 4.69) is 16.0 Å². The molecule has 0 atom stereocenters. The Morgan fingerprint density at radius 2 is 2.24 bits per heavy atom. The van der Waals surface area contributed by atoms with E-state index in [1.54, 1.807) is 12.0 Å². The fourth-order valence-electron chi connectivity index (χ4n) is 1.80. The molecule has 7 nitrogen and oxygen atoms in total. The van der Waals surface area contributed by atoms with Crippen LogP contribution in [0.1, 0.15) is 42.5 Å². The summed E-state index contributed by atoms with van der Waals surface area (Å²) in [6, 6.07) is 2.05. The van der Waals surface area contributed by atoms with Crippen LogP contribution in [0.15, 0.2) is 6.20 Å². The van der Waals surface area contributed by atoms with Crippen molar-refractivity contribution in [3.05, 3.63) is 17.7 Å². The highest BCUT2D eigenvalue weighted by atomic mass is 16.5. The summed E-state index contributed by atoms with van der Waals surface area (Å²) in [4.78, 5) is 21.6. The minimum atomic E-state index is -1.10. The molecular formula is C14H20N4O3. The lowest BCUT2D eigenvalue weighted by Gasteiger charge is -2.24. The van der Waals surface area contributed by atoms with E-state index < -0.39 is 5.97 Å². The van der Waals surface area contributed by atoms with Crippen LogP contribution in [0.25, 0.3) is 0 Å². The lowest BCUT2D eigenvalue weighted by molar-refractivity contribution is 0.0690. The van der Waals surface area contributed by atoms with E-state index >= 15 is 0 Å². The number of carboxylic acids is 1. The summed E-state index contributed by atoms with van der Waals surface area (Å²) in [6.07, 6.45) is 1.80. The van der Waals surface area contributed by atoms with Crippen molar-refractivity contribution in [2.24, 2.45) is 0 Å². The highest BCUT2D eigenvalue weighted by molar-refractivity contribution is 5.92. The maximum Gasteiger partial charge on any atom is 0.356 e. The van der Waals surface area contributed by atoms with Gasteiger partial charge in [0, 0.05) is 26.1 Å². The SMILES string of the molecule is COCCN(CCC#N)c1cnc(C(C)C)nc1C(=O)O. The number of nitrogens with zero attached hydrogens (tertiary/aromatic N) is 4. The molecule has 7 heteroatoms. The maximum absolute atomic E-state index is 11.4. The number of nitriles is 1. The first-order chi connectivity index (χ1) is 10.0. The second kappa shape index (κ2) is 8.17. The second-order valence-corrected chi connectivity index (χ2v) is 4.81. The third-order valence-electron chi connectivity index (χ3n) is 2.91. The first-order valence-corrected chi connectivity index (χ1v) is 6.72. The van der Waals surface area contributed by atoms with Crippen LogP contribution in [0, 0.1) is 11.3 Å². The summed E-state index contributed by atoms with van der Waals surface area (Å²) in [5.74, 6) is -0.569. The molecule has 0 aliphatic carbocycles. The molecule has 0 aromatic carbocycles. The number of hydrogen-bond donors (Lipinski definition) is 1. The topological polar surface area (TPSA) is 99.3 Å². The van der Waals surface area contributed by atoms with Crippen molar-refractivity contribution < 1.29 is 14.6 Å². The van der Waals surface area contributed by atoms with Crippen molar-refractivity contribution in [3.63, 3.8) is 0 Å². The summed E-state index contributed by atoms with van der Waals surface area (Å²) < 4.78 is 5.02. The molecule has 0 unspecified atom stereocenters. The number of carboxylic acid groups (broad SMARTS) is 1. The van der Waals surface area contributed by atoms with Crippen LogP contribution in [-0.2, 0) is 4.74 Å². The molecule has 0 fully saturated rings. The molecule has 0 saturated heterocycles. The van der Waals surface area contributed by atoms with E-state index in [0.29, 0.717) is 31.2 Å². The number of methoxy groups -OCH3 is 1. The van der Waals surface area contributed by atoms with Crippen LogP contribution < -0.4 is 4.90 Å². The molecule has 0 amide bonds. The Balaban J connectivity index is 3.16. The van der Waals surface area contributed by atoms with Crippen molar-refractivity contribution >= 4 is 11.7 Å². The molecule has 0 aliphatic rings. The predicted molar refractivity (Wildman–Crippen MR) is 77.4 cm³/mol. The highest BCUT2D eigenvalue weighted by Gasteiger charge is 2.20. The second-order valence-electron chi connectivity index (χ2n) is 4.81.